The Morgan fingerprint density at radius 1 is 1.36 bits per heavy atom. The number of likely N-dealkylation sites (tertiary alicyclic amines) is 1. The Morgan fingerprint density at radius 2 is 2.08 bits per heavy atom. The average molecular weight is 348 g/mol. The van der Waals surface area contributed by atoms with E-state index in [2.05, 4.69) is 48.3 Å². The van der Waals surface area contributed by atoms with Crippen LogP contribution in [0.15, 0.2) is 24.3 Å². The van der Waals surface area contributed by atoms with Crippen LogP contribution in [0.1, 0.15) is 44.7 Å². The number of aliphatic hydroxyl groups excluding tert-OH is 1. The van der Waals surface area contributed by atoms with Crippen molar-refractivity contribution in [2.75, 3.05) is 26.2 Å². The maximum Gasteiger partial charge on any atom is 0.317 e. The SMILES string of the molecule is CCN(CC)Cc1cccc(CNC(=O)N2CCCC(C(C)O)C2)c1. The fourth-order valence-electron chi connectivity index (χ4n) is 3.42. The van der Waals surface area contributed by atoms with Gasteiger partial charge in [0.2, 0.25) is 0 Å². The van der Waals surface area contributed by atoms with E-state index in [-0.39, 0.29) is 18.1 Å². The first-order valence-corrected chi connectivity index (χ1v) is 9.54. The van der Waals surface area contributed by atoms with E-state index in [1.807, 2.05) is 11.8 Å². The van der Waals surface area contributed by atoms with Crippen LogP contribution < -0.4 is 5.32 Å². The van der Waals surface area contributed by atoms with Gasteiger partial charge in [-0.3, -0.25) is 4.90 Å². The zero-order valence-corrected chi connectivity index (χ0v) is 15.9. The molecular formula is C20H33N3O2. The lowest BCUT2D eigenvalue weighted by Gasteiger charge is -2.34. The van der Waals surface area contributed by atoms with E-state index in [9.17, 15) is 9.90 Å². The molecule has 0 saturated carbocycles. The Kier molecular flexibility index (Phi) is 7.72. The predicted octanol–water partition coefficient (Wildman–Crippen LogP) is 2.83. The first kappa shape index (κ1) is 19.7. The van der Waals surface area contributed by atoms with Gasteiger partial charge < -0.3 is 15.3 Å². The van der Waals surface area contributed by atoms with E-state index < -0.39 is 0 Å². The van der Waals surface area contributed by atoms with E-state index in [1.54, 1.807) is 0 Å². The summed E-state index contributed by atoms with van der Waals surface area (Å²) in [7, 11) is 0. The minimum atomic E-state index is -0.354. The van der Waals surface area contributed by atoms with Crippen molar-refractivity contribution in [2.24, 2.45) is 5.92 Å². The number of nitrogens with zero attached hydrogens (tertiary/aromatic N) is 2. The Bertz CT molecular complexity index is 543. The summed E-state index contributed by atoms with van der Waals surface area (Å²) in [5, 5.41) is 12.8. The van der Waals surface area contributed by atoms with E-state index >= 15 is 0 Å². The molecule has 2 N–H and O–H groups in total. The summed E-state index contributed by atoms with van der Waals surface area (Å²) in [4.78, 5) is 16.6. The second-order valence-electron chi connectivity index (χ2n) is 7.03. The van der Waals surface area contributed by atoms with E-state index in [1.165, 1.54) is 5.56 Å². The number of piperidine rings is 1. The number of urea groups is 1. The summed E-state index contributed by atoms with van der Waals surface area (Å²) in [6.45, 7) is 11.1. The monoisotopic (exact) mass is 347 g/mol. The van der Waals surface area contributed by atoms with Crippen LogP contribution in [-0.2, 0) is 13.1 Å². The third-order valence-corrected chi connectivity index (χ3v) is 5.16. The molecule has 0 bridgehead atoms. The minimum Gasteiger partial charge on any atom is -0.393 e. The molecule has 5 nitrogen and oxygen atoms in total. The smallest absolute Gasteiger partial charge is 0.317 e. The Morgan fingerprint density at radius 3 is 2.76 bits per heavy atom. The number of carbonyl (C=O) groups is 1. The molecule has 140 valence electrons. The standard InChI is InChI=1S/C20H33N3O2/c1-4-22(5-2)14-18-9-6-8-17(12-18)13-21-20(25)23-11-7-10-19(15-23)16(3)24/h6,8-9,12,16,19,24H,4-5,7,10-11,13-15H2,1-3H3,(H,21,25). The number of nitrogens with one attached hydrogen (secondary N) is 1. The molecule has 1 aromatic carbocycles. The lowest BCUT2D eigenvalue weighted by molar-refractivity contribution is 0.0738. The highest BCUT2D eigenvalue weighted by Gasteiger charge is 2.26. The van der Waals surface area contributed by atoms with Gasteiger partial charge in [0, 0.05) is 32.1 Å². The molecule has 1 aliphatic rings. The van der Waals surface area contributed by atoms with Gasteiger partial charge in [-0.1, -0.05) is 38.1 Å². The highest BCUT2D eigenvalue weighted by Crippen LogP contribution is 2.19. The van der Waals surface area contributed by atoms with Crippen molar-refractivity contribution in [1.29, 1.82) is 0 Å². The molecule has 0 spiro atoms. The van der Waals surface area contributed by atoms with Crippen molar-refractivity contribution >= 4 is 6.03 Å². The van der Waals surface area contributed by atoms with E-state index in [4.69, 9.17) is 0 Å². The number of benzene rings is 1. The van der Waals surface area contributed by atoms with Crippen LogP contribution in [0.5, 0.6) is 0 Å². The molecule has 2 rings (SSSR count). The molecule has 1 fully saturated rings. The van der Waals surface area contributed by atoms with Crippen molar-refractivity contribution in [3.8, 4) is 0 Å². The zero-order chi connectivity index (χ0) is 18.2. The maximum atomic E-state index is 12.4. The molecule has 2 atom stereocenters. The molecule has 0 aromatic heterocycles. The Hall–Kier alpha value is -1.59. The van der Waals surface area contributed by atoms with Gasteiger partial charge in [0.1, 0.15) is 0 Å². The van der Waals surface area contributed by atoms with Gasteiger partial charge in [-0.05, 0) is 44.0 Å². The summed E-state index contributed by atoms with van der Waals surface area (Å²) in [6.07, 6.45) is 1.60. The normalized spacial score (nSPS) is 19.1. The molecular weight excluding hydrogens is 314 g/mol. The topological polar surface area (TPSA) is 55.8 Å². The van der Waals surface area contributed by atoms with Gasteiger partial charge in [0.25, 0.3) is 0 Å². The van der Waals surface area contributed by atoms with Crippen LogP contribution in [-0.4, -0.2) is 53.2 Å². The summed E-state index contributed by atoms with van der Waals surface area (Å²) in [6, 6.07) is 8.40. The van der Waals surface area contributed by atoms with Crippen LogP contribution in [0, 0.1) is 5.92 Å². The molecule has 25 heavy (non-hydrogen) atoms. The second kappa shape index (κ2) is 9.78. The third kappa shape index (κ3) is 6.01. The van der Waals surface area contributed by atoms with Crippen LogP contribution in [0.4, 0.5) is 4.79 Å². The van der Waals surface area contributed by atoms with Crippen molar-refractivity contribution < 1.29 is 9.90 Å². The number of rotatable bonds is 7. The Labute approximate surface area is 152 Å². The molecule has 0 radical (unpaired) electrons. The molecule has 2 unspecified atom stereocenters. The van der Waals surface area contributed by atoms with E-state index in [0.717, 1.165) is 44.6 Å². The van der Waals surface area contributed by atoms with Crippen molar-refractivity contribution in [1.82, 2.24) is 15.1 Å². The van der Waals surface area contributed by atoms with Gasteiger partial charge in [-0.15, -0.1) is 0 Å². The summed E-state index contributed by atoms with van der Waals surface area (Å²) >= 11 is 0. The van der Waals surface area contributed by atoms with Crippen LogP contribution in [0.2, 0.25) is 0 Å². The van der Waals surface area contributed by atoms with Crippen molar-refractivity contribution in [2.45, 2.75) is 52.8 Å². The van der Waals surface area contributed by atoms with Gasteiger partial charge in [-0.2, -0.15) is 0 Å². The molecule has 0 aliphatic carbocycles. The quantitative estimate of drug-likeness (QED) is 0.797. The van der Waals surface area contributed by atoms with E-state index in [0.29, 0.717) is 13.1 Å². The first-order chi connectivity index (χ1) is 12.0. The zero-order valence-electron chi connectivity index (χ0n) is 15.9. The Balaban J connectivity index is 1.87. The minimum absolute atomic E-state index is 0.0282. The van der Waals surface area contributed by atoms with Crippen molar-refractivity contribution in [3.05, 3.63) is 35.4 Å². The number of carbonyl (C=O) groups excluding carboxylic acids is 1. The van der Waals surface area contributed by atoms with Gasteiger partial charge in [0.05, 0.1) is 6.10 Å². The third-order valence-electron chi connectivity index (χ3n) is 5.16. The molecule has 1 saturated heterocycles. The van der Waals surface area contributed by atoms with Gasteiger partial charge in [-0.25, -0.2) is 4.79 Å². The lowest BCUT2D eigenvalue weighted by atomic mass is 9.94. The number of hydrogen-bond donors (Lipinski definition) is 2. The highest BCUT2D eigenvalue weighted by atomic mass is 16.3. The largest absolute Gasteiger partial charge is 0.393 e. The number of hydrogen-bond acceptors (Lipinski definition) is 3. The maximum absolute atomic E-state index is 12.4. The van der Waals surface area contributed by atoms with Crippen LogP contribution in [0.25, 0.3) is 0 Å². The molecule has 5 heteroatoms. The fraction of sp³-hybridized carbons (Fsp3) is 0.650. The summed E-state index contributed by atoms with van der Waals surface area (Å²) in [5.74, 6) is 0.192. The summed E-state index contributed by atoms with van der Waals surface area (Å²) < 4.78 is 0. The predicted molar refractivity (Wildman–Crippen MR) is 101 cm³/mol. The molecule has 1 aliphatic heterocycles. The lowest BCUT2D eigenvalue weighted by Crippen LogP contribution is -2.47. The van der Waals surface area contributed by atoms with Gasteiger partial charge in [0.15, 0.2) is 0 Å². The fourth-order valence-corrected chi connectivity index (χ4v) is 3.42. The molecule has 2 amide bonds. The van der Waals surface area contributed by atoms with Crippen molar-refractivity contribution in [3.63, 3.8) is 0 Å². The van der Waals surface area contributed by atoms with Gasteiger partial charge >= 0.3 is 6.03 Å². The highest BCUT2D eigenvalue weighted by molar-refractivity contribution is 5.74. The second-order valence-corrected chi connectivity index (χ2v) is 7.03. The summed E-state index contributed by atoms with van der Waals surface area (Å²) in [5.41, 5.74) is 2.41. The van der Waals surface area contributed by atoms with Crippen LogP contribution >= 0.6 is 0 Å². The van der Waals surface area contributed by atoms with Crippen LogP contribution in [0.3, 0.4) is 0 Å². The molecule has 1 aromatic rings. The average Bonchev–Trinajstić information content (AvgIpc) is 2.64. The molecule has 1 heterocycles. The first-order valence-electron chi connectivity index (χ1n) is 9.54. The number of aliphatic hydroxyl groups is 1. The number of amides is 2.